The number of hydrogen-bond acceptors (Lipinski definition) is 3. The molecular weight excluding hydrogens is 240 g/mol. The van der Waals surface area contributed by atoms with Gasteiger partial charge in [0.25, 0.3) is 5.91 Å². The largest absolute Gasteiger partial charge is 0.381 e. The molecule has 0 spiro atoms. The van der Waals surface area contributed by atoms with Crippen LogP contribution in [0.2, 0.25) is 5.15 Å². The fourth-order valence-corrected chi connectivity index (χ4v) is 2.09. The number of pyridine rings is 1. The summed E-state index contributed by atoms with van der Waals surface area (Å²) in [5.41, 5.74) is 0.588. The first-order chi connectivity index (χ1) is 8.20. The van der Waals surface area contributed by atoms with Gasteiger partial charge in [-0.2, -0.15) is 0 Å². The average molecular weight is 255 g/mol. The number of halogens is 1. The zero-order chi connectivity index (χ0) is 12.3. The van der Waals surface area contributed by atoms with Gasteiger partial charge in [0.1, 0.15) is 5.15 Å². The Morgan fingerprint density at radius 3 is 2.71 bits per heavy atom. The third-order valence-electron chi connectivity index (χ3n) is 3.04. The summed E-state index contributed by atoms with van der Waals surface area (Å²) in [7, 11) is 1.71. The Labute approximate surface area is 106 Å². The second-order valence-corrected chi connectivity index (χ2v) is 4.48. The van der Waals surface area contributed by atoms with E-state index in [1.165, 1.54) is 6.20 Å². The fourth-order valence-electron chi connectivity index (χ4n) is 1.98. The summed E-state index contributed by atoms with van der Waals surface area (Å²) in [6, 6.07) is 3.34. The van der Waals surface area contributed by atoms with Crippen molar-refractivity contribution in [3.05, 3.63) is 29.0 Å². The number of amides is 1. The molecule has 1 saturated heterocycles. The van der Waals surface area contributed by atoms with Crippen molar-refractivity contribution in [2.24, 2.45) is 0 Å². The van der Waals surface area contributed by atoms with E-state index < -0.39 is 0 Å². The molecule has 0 N–H and O–H groups in total. The van der Waals surface area contributed by atoms with Crippen LogP contribution in [0.3, 0.4) is 0 Å². The molecule has 1 fully saturated rings. The average Bonchev–Trinajstić information content (AvgIpc) is 2.39. The van der Waals surface area contributed by atoms with E-state index in [9.17, 15) is 4.79 Å². The Morgan fingerprint density at radius 2 is 2.18 bits per heavy atom. The number of likely N-dealkylation sites (tertiary alicyclic amines) is 1. The zero-order valence-corrected chi connectivity index (χ0v) is 10.5. The van der Waals surface area contributed by atoms with Crippen LogP contribution in [0.25, 0.3) is 0 Å². The van der Waals surface area contributed by atoms with Crippen LogP contribution >= 0.6 is 11.6 Å². The van der Waals surface area contributed by atoms with Gasteiger partial charge in [0.05, 0.1) is 11.7 Å². The summed E-state index contributed by atoms with van der Waals surface area (Å²) < 4.78 is 5.27. The highest BCUT2D eigenvalue weighted by Crippen LogP contribution is 2.16. The molecule has 92 valence electrons. The van der Waals surface area contributed by atoms with Crippen molar-refractivity contribution in [3.8, 4) is 0 Å². The van der Waals surface area contributed by atoms with Crippen LogP contribution in [-0.4, -0.2) is 42.1 Å². The topological polar surface area (TPSA) is 42.4 Å². The molecule has 0 unspecified atom stereocenters. The van der Waals surface area contributed by atoms with Gasteiger partial charge in [0, 0.05) is 26.4 Å². The normalized spacial score (nSPS) is 17.2. The van der Waals surface area contributed by atoms with Crippen molar-refractivity contribution in [1.82, 2.24) is 9.88 Å². The Hall–Kier alpha value is -1.13. The molecule has 1 aromatic heterocycles. The molecule has 4 nitrogen and oxygen atoms in total. The van der Waals surface area contributed by atoms with Gasteiger partial charge in [-0.3, -0.25) is 4.79 Å². The van der Waals surface area contributed by atoms with Crippen LogP contribution in [0.4, 0.5) is 0 Å². The van der Waals surface area contributed by atoms with Crippen molar-refractivity contribution in [1.29, 1.82) is 0 Å². The summed E-state index contributed by atoms with van der Waals surface area (Å²) in [4.78, 5) is 17.9. The summed E-state index contributed by atoms with van der Waals surface area (Å²) >= 11 is 5.69. The van der Waals surface area contributed by atoms with E-state index in [4.69, 9.17) is 16.3 Å². The minimum absolute atomic E-state index is 0.0173. The molecule has 0 radical (unpaired) electrons. The first kappa shape index (κ1) is 12.3. The van der Waals surface area contributed by atoms with Crippen LogP contribution in [0.15, 0.2) is 18.3 Å². The predicted octanol–water partition coefficient (Wildman–Crippen LogP) is 1.99. The number of ether oxygens (including phenoxy) is 1. The number of hydrogen-bond donors (Lipinski definition) is 0. The molecule has 5 heteroatoms. The van der Waals surface area contributed by atoms with Gasteiger partial charge in [-0.1, -0.05) is 11.6 Å². The van der Waals surface area contributed by atoms with Crippen molar-refractivity contribution >= 4 is 17.5 Å². The van der Waals surface area contributed by atoms with E-state index in [1.54, 1.807) is 19.2 Å². The summed E-state index contributed by atoms with van der Waals surface area (Å²) in [5.74, 6) is 0.0173. The highest BCUT2D eigenvalue weighted by molar-refractivity contribution is 6.29. The SMILES string of the molecule is COC1CCN(C(=O)c2ccc(Cl)nc2)CC1. The molecule has 2 rings (SSSR count). The second-order valence-electron chi connectivity index (χ2n) is 4.10. The van der Waals surface area contributed by atoms with E-state index >= 15 is 0 Å². The standard InChI is InChI=1S/C12H15ClN2O2/c1-17-10-4-6-15(7-5-10)12(16)9-2-3-11(13)14-8-9/h2-3,8,10H,4-7H2,1H3. The van der Waals surface area contributed by atoms with E-state index in [-0.39, 0.29) is 12.0 Å². The molecule has 0 aromatic carbocycles. The van der Waals surface area contributed by atoms with E-state index in [0.29, 0.717) is 10.7 Å². The van der Waals surface area contributed by atoms with E-state index in [1.807, 2.05) is 4.90 Å². The Bertz CT molecular complexity index is 386. The maximum Gasteiger partial charge on any atom is 0.255 e. The van der Waals surface area contributed by atoms with Gasteiger partial charge in [-0.25, -0.2) is 4.98 Å². The highest BCUT2D eigenvalue weighted by atomic mass is 35.5. The fraction of sp³-hybridized carbons (Fsp3) is 0.500. The van der Waals surface area contributed by atoms with Gasteiger partial charge in [-0.05, 0) is 25.0 Å². The molecule has 2 heterocycles. The van der Waals surface area contributed by atoms with Crippen LogP contribution in [0.1, 0.15) is 23.2 Å². The molecule has 0 saturated carbocycles. The number of carbonyl (C=O) groups excluding carboxylic acids is 1. The summed E-state index contributed by atoms with van der Waals surface area (Å²) in [6.45, 7) is 1.47. The summed E-state index contributed by atoms with van der Waals surface area (Å²) in [5, 5.41) is 0.402. The molecule has 0 bridgehead atoms. The van der Waals surface area contributed by atoms with Gasteiger partial charge >= 0.3 is 0 Å². The molecule has 1 aromatic rings. The number of nitrogens with zero attached hydrogens (tertiary/aromatic N) is 2. The summed E-state index contributed by atoms with van der Waals surface area (Å²) in [6.07, 6.45) is 3.59. The molecule has 0 atom stereocenters. The number of carbonyl (C=O) groups is 1. The number of aromatic nitrogens is 1. The van der Waals surface area contributed by atoms with Crippen molar-refractivity contribution in [3.63, 3.8) is 0 Å². The Kier molecular flexibility index (Phi) is 3.97. The van der Waals surface area contributed by atoms with Crippen LogP contribution < -0.4 is 0 Å². The minimum Gasteiger partial charge on any atom is -0.381 e. The minimum atomic E-state index is 0.0173. The van der Waals surface area contributed by atoms with Gasteiger partial charge in [0.15, 0.2) is 0 Å². The lowest BCUT2D eigenvalue weighted by molar-refractivity contribution is 0.0350. The maximum absolute atomic E-state index is 12.1. The Morgan fingerprint density at radius 1 is 1.47 bits per heavy atom. The molecule has 17 heavy (non-hydrogen) atoms. The number of methoxy groups -OCH3 is 1. The van der Waals surface area contributed by atoms with Gasteiger partial charge in [0.2, 0.25) is 0 Å². The molecule has 1 amide bonds. The van der Waals surface area contributed by atoms with E-state index in [0.717, 1.165) is 25.9 Å². The number of rotatable bonds is 2. The lowest BCUT2D eigenvalue weighted by atomic mass is 10.1. The third-order valence-corrected chi connectivity index (χ3v) is 3.26. The Balaban J connectivity index is 1.99. The molecule has 1 aliphatic heterocycles. The first-order valence-electron chi connectivity index (χ1n) is 5.64. The first-order valence-corrected chi connectivity index (χ1v) is 6.02. The monoisotopic (exact) mass is 254 g/mol. The molecule has 0 aliphatic carbocycles. The van der Waals surface area contributed by atoms with Crippen molar-refractivity contribution in [2.75, 3.05) is 20.2 Å². The van der Waals surface area contributed by atoms with Crippen LogP contribution in [-0.2, 0) is 4.74 Å². The predicted molar refractivity (Wildman–Crippen MR) is 65.2 cm³/mol. The second kappa shape index (κ2) is 5.47. The molecular formula is C12H15ClN2O2. The quantitative estimate of drug-likeness (QED) is 0.758. The van der Waals surface area contributed by atoms with E-state index in [2.05, 4.69) is 4.98 Å². The van der Waals surface area contributed by atoms with Crippen molar-refractivity contribution in [2.45, 2.75) is 18.9 Å². The van der Waals surface area contributed by atoms with Gasteiger partial charge < -0.3 is 9.64 Å². The van der Waals surface area contributed by atoms with Crippen LogP contribution in [0, 0.1) is 0 Å². The lowest BCUT2D eigenvalue weighted by Gasteiger charge is -2.31. The maximum atomic E-state index is 12.1. The highest BCUT2D eigenvalue weighted by Gasteiger charge is 2.23. The number of piperidine rings is 1. The zero-order valence-electron chi connectivity index (χ0n) is 9.73. The van der Waals surface area contributed by atoms with Gasteiger partial charge in [-0.15, -0.1) is 0 Å². The molecule has 1 aliphatic rings. The lowest BCUT2D eigenvalue weighted by Crippen LogP contribution is -2.40. The third kappa shape index (κ3) is 2.96. The van der Waals surface area contributed by atoms with Crippen LogP contribution in [0.5, 0.6) is 0 Å². The smallest absolute Gasteiger partial charge is 0.255 e. The van der Waals surface area contributed by atoms with Crippen molar-refractivity contribution < 1.29 is 9.53 Å².